The van der Waals surface area contributed by atoms with E-state index in [1.54, 1.807) is 30.3 Å². The highest BCUT2D eigenvalue weighted by Gasteiger charge is 2.11. The number of carboxylic acids is 1. The average Bonchev–Trinajstić information content (AvgIpc) is 2.57. The van der Waals surface area contributed by atoms with Gasteiger partial charge in [0.25, 0.3) is 5.91 Å². The SMILES string of the molecule is CCOc1ccc(C(=O)NC(=S)Nc2cc(C(=O)O)ccc2Br)cc1. The lowest BCUT2D eigenvalue weighted by Gasteiger charge is -2.12. The molecule has 0 bridgehead atoms. The molecule has 0 fully saturated rings. The van der Waals surface area contributed by atoms with Gasteiger partial charge in [0.2, 0.25) is 0 Å². The molecule has 0 unspecified atom stereocenters. The van der Waals surface area contributed by atoms with Crippen molar-refractivity contribution in [3.8, 4) is 5.75 Å². The largest absolute Gasteiger partial charge is 0.494 e. The highest BCUT2D eigenvalue weighted by atomic mass is 79.9. The monoisotopic (exact) mass is 422 g/mol. The molecule has 0 radical (unpaired) electrons. The molecule has 0 atom stereocenters. The van der Waals surface area contributed by atoms with Crippen LogP contribution in [-0.4, -0.2) is 28.7 Å². The first-order valence-corrected chi connectivity index (χ1v) is 8.49. The molecule has 0 saturated carbocycles. The second-order valence-corrected chi connectivity index (χ2v) is 6.13. The van der Waals surface area contributed by atoms with Gasteiger partial charge in [-0.3, -0.25) is 10.1 Å². The van der Waals surface area contributed by atoms with Crippen LogP contribution in [0.3, 0.4) is 0 Å². The van der Waals surface area contributed by atoms with E-state index in [-0.39, 0.29) is 16.6 Å². The summed E-state index contributed by atoms with van der Waals surface area (Å²) in [5.74, 6) is -0.764. The molecular formula is C17H15BrN2O4S. The fourth-order valence-corrected chi connectivity index (χ4v) is 2.50. The van der Waals surface area contributed by atoms with Crippen molar-refractivity contribution in [3.05, 3.63) is 58.1 Å². The van der Waals surface area contributed by atoms with Gasteiger partial charge in [0, 0.05) is 10.0 Å². The summed E-state index contributed by atoms with van der Waals surface area (Å²) in [6, 6.07) is 11.1. The third-order valence-corrected chi connectivity index (χ3v) is 4.01. The van der Waals surface area contributed by atoms with Crippen molar-refractivity contribution in [2.75, 3.05) is 11.9 Å². The van der Waals surface area contributed by atoms with E-state index in [1.165, 1.54) is 12.1 Å². The van der Waals surface area contributed by atoms with Crippen molar-refractivity contribution in [2.24, 2.45) is 0 Å². The van der Waals surface area contributed by atoms with Crippen LogP contribution in [0.2, 0.25) is 0 Å². The maximum atomic E-state index is 12.2. The Morgan fingerprint density at radius 1 is 1.16 bits per heavy atom. The van der Waals surface area contributed by atoms with E-state index in [9.17, 15) is 9.59 Å². The van der Waals surface area contributed by atoms with Gasteiger partial charge < -0.3 is 15.2 Å². The fourth-order valence-electron chi connectivity index (χ4n) is 1.95. The Labute approximate surface area is 158 Å². The normalized spacial score (nSPS) is 10.0. The smallest absolute Gasteiger partial charge is 0.335 e. The van der Waals surface area contributed by atoms with Gasteiger partial charge in [-0.2, -0.15) is 0 Å². The lowest BCUT2D eigenvalue weighted by Crippen LogP contribution is -2.34. The number of hydrogen-bond acceptors (Lipinski definition) is 4. The molecule has 25 heavy (non-hydrogen) atoms. The van der Waals surface area contributed by atoms with E-state index in [2.05, 4.69) is 26.6 Å². The van der Waals surface area contributed by atoms with Gasteiger partial charge in [-0.25, -0.2) is 4.79 Å². The number of halogens is 1. The molecule has 0 aliphatic rings. The molecule has 1 amide bonds. The highest BCUT2D eigenvalue weighted by Crippen LogP contribution is 2.23. The molecule has 0 saturated heterocycles. The lowest BCUT2D eigenvalue weighted by molar-refractivity contribution is 0.0696. The molecule has 0 aliphatic heterocycles. The summed E-state index contributed by atoms with van der Waals surface area (Å²) in [5, 5.41) is 14.4. The first-order valence-electron chi connectivity index (χ1n) is 7.28. The molecule has 0 heterocycles. The van der Waals surface area contributed by atoms with Crippen molar-refractivity contribution in [1.29, 1.82) is 0 Å². The lowest BCUT2D eigenvalue weighted by atomic mass is 10.2. The molecule has 2 aromatic carbocycles. The Kier molecular flexibility index (Phi) is 6.49. The fraction of sp³-hybridized carbons (Fsp3) is 0.118. The van der Waals surface area contributed by atoms with E-state index >= 15 is 0 Å². The van der Waals surface area contributed by atoms with E-state index in [0.717, 1.165) is 0 Å². The summed E-state index contributed by atoms with van der Waals surface area (Å²) >= 11 is 8.41. The number of aromatic carboxylic acids is 1. The van der Waals surface area contributed by atoms with Crippen molar-refractivity contribution in [1.82, 2.24) is 5.32 Å². The minimum atomic E-state index is -1.06. The number of ether oxygens (including phenoxy) is 1. The zero-order valence-corrected chi connectivity index (χ0v) is 15.6. The number of benzene rings is 2. The van der Waals surface area contributed by atoms with Crippen LogP contribution in [0.25, 0.3) is 0 Å². The Bertz CT molecular complexity index is 809. The van der Waals surface area contributed by atoms with Crippen LogP contribution in [-0.2, 0) is 0 Å². The third kappa shape index (κ3) is 5.27. The van der Waals surface area contributed by atoms with E-state index in [4.69, 9.17) is 22.1 Å². The maximum Gasteiger partial charge on any atom is 0.335 e. The molecule has 2 aromatic rings. The zero-order chi connectivity index (χ0) is 18.4. The summed E-state index contributed by atoms with van der Waals surface area (Å²) in [4.78, 5) is 23.2. The van der Waals surface area contributed by atoms with Crippen LogP contribution in [0, 0.1) is 0 Å². The summed E-state index contributed by atoms with van der Waals surface area (Å²) in [5.41, 5.74) is 0.967. The molecule has 0 aliphatic carbocycles. The van der Waals surface area contributed by atoms with E-state index in [1.807, 2.05) is 6.92 Å². The quantitative estimate of drug-likeness (QED) is 0.637. The minimum absolute atomic E-state index is 0.0575. The van der Waals surface area contributed by atoms with E-state index < -0.39 is 5.97 Å². The summed E-state index contributed by atoms with van der Waals surface area (Å²) in [6.45, 7) is 2.42. The third-order valence-electron chi connectivity index (χ3n) is 3.12. The van der Waals surface area contributed by atoms with Gasteiger partial charge >= 0.3 is 5.97 Å². The van der Waals surface area contributed by atoms with Crippen molar-refractivity contribution in [3.63, 3.8) is 0 Å². The predicted molar refractivity (Wildman–Crippen MR) is 102 cm³/mol. The molecule has 8 heteroatoms. The first-order chi connectivity index (χ1) is 11.9. The summed E-state index contributed by atoms with van der Waals surface area (Å²) in [6.07, 6.45) is 0. The molecule has 3 N–H and O–H groups in total. The number of nitrogens with one attached hydrogen (secondary N) is 2. The number of carbonyl (C=O) groups excluding carboxylic acids is 1. The van der Waals surface area contributed by atoms with Crippen molar-refractivity contribution < 1.29 is 19.4 Å². The highest BCUT2D eigenvalue weighted by molar-refractivity contribution is 9.10. The van der Waals surface area contributed by atoms with Crippen LogP contribution < -0.4 is 15.4 Å². The average molecular weight is 423 g/mol. The first kappa shape index (κ1) is 18.9. The van der Waals surface area contributed by atoms with Crippen LogP contribution >= 0.6 is 28.1 Å². The van der Waals surface area contributed by atoms with Crippen LogP contribution in [0.4, 0.5) is 5.69 Å². The molecule has 0 spiro atoms. The van der Waals surface area contributed by atoms with Gasteiger partial charge in [0.15, 0.2) is 5.11 Å². The Morgan fingerprint density at radius 2 is 1.80 bits per heavy atom. The predicted octanol–water partition coefficient (Wildman–Crippen LogP) is 3.67. The number of anilines is 1. The minimum Gasteiger partial charge on any atom is -0.494 e. The number of carbonyl (C=O) groups is 2. The Hall–Kier alpha value is -2.45. The topological polar surface area (TPSA) is 87.7 Å². The van der Waals surface area contributed by atoms with Gasteiger partial charge in [-0.15, -0.1) is 0 Å². The number of rotatable bonds is 5. The molecule has 2 rings (SSSR count). The van der Waals surface area contributed by atoms with Crippen LogP contribution in [0.5, 0.6) is 5.75 Å². The standard InChI is InChI=1S/C17H15BrN2O4S/c1-2-24-12-6-3-10(4-7-12)15(21)20-17(25)19-14-9-11(16(22)23)5-8-13(14)18/h3-9H,2H2,1H3,(H,22,23)(H2,19,20,21,25). The van der Waals surface area contributed by atoms with Crippen molar-refractivity contribution in [2.45, 2.75) is 6.92 Å². The summed E-state index contributed by atoms with van der Waals surface area (Å²) < 4.78 is 5.94. The molecule has 6 nitrogen and oxygen atoms in total. The van der Waals surface area contributed by atoms with Gasteiger partial charge in [-0.1, -0.05) is 0 Å². The number of amides is 1. The molecule has 0 aromatic heterocycles. The zero-order valence-electron chi connectivity index (χ0n) is 13.2. The number of hydrogen-bond donors (Lipinski definition) is 3. The second-order valence-electron chi connectivity index (χ2n) is 4.87. The van der Waals surface area contributed by atoms with Gasteiger partial charge in [-0.05, 0) is 77.5 Å². The Balaban J connectivity index is 2.03. The van der Waals surface area contributed by atoms with Gasteiger partial charge in [0.1, 0.15) is 5.75 Å². The van der Waals surface area contributed by atoms with Crippen molar-refractivity contribution >= 4 is 50.8 Å². The van der Waals surface area contributed by atoms with E-state index in [0.29, 0.717) is 28.1 Å². The second kappa shape index (κ2) is 8.59. The van der Waals surface area contributed by atoms with Gasteiger partial charge in [0.05, 0.1) is 17.9 Å². The summed E-state index contributed by atoms with van der Waals surface area (Å²) in [7, 11) is 0. The maximum absolute atomic E-state index is 12.2. The van der Waals surface area contributed by atoms with Crippen LogP contribution in [0.1, 0.15) is 27.6 Å². The number of thiocarbonyl (C=S) groups is 1. The molecule has 130 valence electrons. The Morgan fingerprint density at radius 3 is 2.40 bits per heavy atom. The van der Waals surface area contributed by atoms with Crippen LogP contribution in [0.15, 0.2) is 46.9 Å². The molecular weight excluding hydrogens is 408 g/mol. The number of carboxylic acid groups (broad SMARTS) is 1.